The maximum Gasteiger partial charge on any atom is 0.335 e. The summed E-state index contributed by atoms with van der Waals surface area (Å²) in [5.41, 5.74) is 4.47. The zero-order valence-electron chi connectivity index (χ0n) is 14.9. The number of furan rings is 1. The summed E-state index contributed by atoms with van der Waals surface area (Å²) in [6, 6.07) is 16.8. The fourth-order valence-electron chi connectivity index (χ4n) is 2.86. The Kier molecular flexibility index (Phi) is 4.88. The van der Waals surface area contributed by atoms with Crippen LogP contribution in [0.3, 0.4) is 0 Å². The Bertz CT molecular complexity index is 1260. The van der Waals surface area contributed by atoms with Gasteiger partial charge in [0.1, 0.15) is 5.58 Å². The van der Waals surface area contributed by atoms with E-state index in [9.17, 15) is 9.59 Å². The number of aromatic carboxylic acids is 1. The molecule has 0 fully saturated rings. The SMILES string of the molecule is O=C(O)c1cccc(-n2cccc2C=NNC(=O)c2cc3cc(Cl)ccc3o2)c1. The van der Waals surface area contributed by atoms with Crippen molar-refractivity contribution >= 4 is 40.7 Å². The predicted octanol–water partition coefficient (Wildman–Crippen LogP) is 4.34. The Morgan fingerprint density at radius 1 is 1.10 bits per heavy atom. The molecular weight excluding hydrogens is 394 g/mol. The van der Waals surface area contributed by atoms with Gasteiger partial charge in [-0.2, -0.15) is 5.10 Å². The molecule has 29 heavy (non-hydrogen) atoms. The van der Waals surface area contributed by atoms with E-state index in [1.807, 2.05) is 0 Å². The fraction of sp³-hybridized carbons (Fsp3) is 0. The average molecular weight is 408 g/mol. The first-order valence-corrected chi connectivity index (χ1v) is 8.93. The molecule has 0 bridgehead atoms. The Hall–Kier alpha value is -3.84. The van der Waals surface area contributed by atoms with Crippen LogP contribution in [0.2, 0.25) is 5.02 Å². The molecule has 0 aliphatic heterocycles. The van der Waals surface area contributed by atoms with Crippen molar-refractivity contribution in [1.82, 2.24) is 9.99 Å². The first kappa shape index (κ1) is 18.5. The number of nitrogens with one attached hydrogen (secondary N) is 1. The summed E-state index contributed by atoms with van der Waals surface area (Å²) < 4.78 is 7.25. The summed E-state index contributed by atoms with van der Waals surface area (Å²) in [6.45, 7) is 0. The van der Waals surface area contributed by atoms with Crippen molar-refractivity contribution in [3.05, 3.63) is 88.9 Å². The molecule has 0 atom stereocenters. The van der Waals surface area contributed by atoms with Crippen LogP contribution in [-0.2, 0) is 0 Å². The summed E-state index contributed by atoms with van der Waals surface area (Å²) in [7, 11) is 0. The third-order valence-electron chi connectivity index (χ3n) is 4.22. The van der Waals surface area contributed by atoms with E-state index in [1.165, 1.54) is 12.3 Å². The zero-order chi connectivity index (χ0) is 20.4. The number of fused-ring (bicyclic) bond motifs is 1. The van der Waals surface area contributed by atoms with Gasteiger partial charge in [0.25, 0.3) is 0 Å². The Morgan fingerprint density at radius 2 is 1.97 bits per heavy atom. The van der Waals surface area contributed by atoms with Crippen LogP contribution in [-0.4, -0.2) is 27.8 Å². The largest absolute Gasteiger partial charge is 0.478 e. The number of carboxylic acid groups (broad SMARTS) is 1. The fourth-order valence-corrected chi connectivity index (χ4v) is 3.04. The Labute approximate surface area is 169 Å². The molecule has 0 aliphatic carbocycles. The van der Waals surface area contributed by atoms with E-state index >= 15 is 0 Å². The van der Waals surface area contributed by atoms with Gasteiger partial charge in [0.2, 0.25) is 0 Å². The normalized spacial score (nSPS) is 11.2. The molecule has 8 heteroatoms. The van der Waals surface area contributed by atoms with E-state index in [2.05, 4.69) is 10.5 Å². The molecule has 0 aliphatic rings. The van der Waals surface area contributed by atoms with E-state index in [1.54, 1.807) is 65.4 Å². The predicted molar refractivity (Wildman–Crippen MR) is 109 cm³/mol. The van der Waals surface area contributed by atoms with E-state index < -0.39 is 11.9 Å². The molecule has 7 nitrogen and oxygen atoms in total. The minimum absolute atomic E-state index is 0.115. The highest BCUT2D eigenvalue weighted by atomic mass is 35.5. The first-order chi connectivity index (χ1) is 14.0. The third-order valence-corrected chi connectivity index (χ3v) is 4.45. The lowest BCUT2D eigenvalue weighted by Crippen LogP contribution is -2.17. The van der Waals surface area contributed by atoms with E-state index in [0.29, 0.717) is 22.0 Å². The van der Waals surface area contributed by atoms with Gasteiger partial charge in [-0.1, -0.05) is 17.7 Å². The number of nitrogens with zero attached hydrogens (tertiary/aromatic N) is 2. The summed E-state index contributed by atoms with van der Waals surface area (Å²) >= 11 is 5.94. The molecule has 4 rings (SSSR count). The Morgan fingerprint density at radius 3 is 2.79 bits per heavy atom. The van der Waals surface area contributed by atoms with Crippen LogP contribution in [0.15, 0.2) is 76.4 Å². The number of hydrazone groups is 1. The highest BCUT2D eigenvalue weighted by Crippen LogP contribution is 2.23. The molecule has 0 radical (unpaired) electrons. The van der Waals surface area contributed by atoms with Crippen LogP contribution >= 0.6 is 11.6 Å². The van der Waals surface area contributed by atoms with Crippen molar-refractivity contribution in [2.45, 2.75) is 0 Å². The number of hydrogen-bond donors (Lipinski definition) is 2. The number of rotatable bonds is 5. The van der Waals surface area contributed by atoms with Gasteiger partial charge in [-0.25, -0.2) is 10.2 Å². The highest BCUT2D eigenvalue weighted by molar-refractivity contribution is 6.31. The minimum Gasteiger partial charge on any atom is -0.478 e. The number of halogens is 1. The van der Waals surface area contributed by atoms with Crippen molar-refractivity contribution in [2.24, 2.45) is 5.10 Å². The van der Waals surface area contributed by atoms with Gasteiger partial charge < -0.3 is 14.1 Å². The Balaban J connectivity index is 1.51. The molecular formula is C21H14ClN3O4. The summed E-state index contributed by atoms with van der Waals surface area (Å²) in [4.78, 5) is 23.5. The van der Waals surface area contributed by atoms with Crippen molar-refractivity contribution in [2.75, 3.05) is 0 Å². The van der Waals surface area contributed by atoms with E-state index in [4.69, 9.17) is 21.1 Å². The molecule has 2 aromatic heterocycles. The zero-order valence-corrected chi connectivity index (χ0v) is 15.6. The first-order valence-electron chi connectivity index (χ1n) is 8.55. The monoisotopic (exact) mass is 407 g/mol. The lowest BCUT2D eigenvalue weighted by atomic mass is 10.2. The molecule has 0 saturated heterocycles. The van der Waals surface area contributed by atoms with Gasteiger partial charge in [0, 0.05) is 22.3 Å². The highest BCUT2D eigenvalue weighted by Gasteiger charge is 2.12. The number of amides is 1. The van der Waals surface area contributed by atoms with Gasteiger partial charge in [-0.3, -0.25) is 4.79 Å². The summed E-state index contributed by atoms with van der Waals surface area (Å²) in [6.07, 6.45) is 3.23. The van der Waals surface area contributed by atoms with Crippen LogP contribution in [0.25, 0.3) is 16.7 Å². The van der Waals surface area contributed by atoms with Crippen LogP contribution in [0, 0.1) is 0 Å². The van der Waals surface area contributed by atoms with Gasteiger partial charge >= 0.3 is 11.9 Å². The second-order valence-corrected chi connectivity index (χ2v) is 6.59. The van der Waals surface area contributed by atoms with Crippen molar-refractivity contribution < 1.29 is 19.1 Å². The second kappa shape index (κ2) is 7.65. The topological polar surface area (TPSA) is 96.8 Å². The standard InChI is InChI=1S/C21H14ClN3O4/c22-15-6-7-18-14(9-15)11-19(29-18)20(26)24-23-12-17-5-2-8-25(17)16-4-1-3-13(10-16)21(27)28/h1-12H,(H,24,26)(H,27,28). The number of carbonyl (C=O) groups is 2. The van der Waals surface area contributed by atoms with Gasteiger partial charge in [0.15, 0.2) is 5.76 Å². The van der Waals surface area contributed by atoms with Crippen LogP contribution in [0.5, 0.6) is 0 Å². The van der Waals surface area contributed by atoms with Gasteiger partial charge in [-0.15, -0.1) is 0 Å². The smallest absolute Gasteiger partial charge is 0.335 e. The van der Waals surface area contributed by atoms with Gasteiger partial charge in [0.05, 0.1) is 17.5 Å². The van der Waals surface area contributed by atoms with Crippen LogP contribution in [0.1, 0.15) is 26.6 Å². The van der Waals surface area contributed by atoms with Crippen molar-refractivity contribution in [1.29, 1.82) is 0 Å². The van der Waals surface area contributed by atoms with E-state index in [-0.39, 0.29) is 11.3 Å². The summed E-state index contributed by atoms with van der Waals surface area (Å²) in [5, 5.41) is 14.4. The van der Waals surface area contributed by atoms with Crippen molar-refractivity contribution in [3.8, 4) is 5.69 Å². The molecule has 4 aromatic rings. The number of hydrogen-bond acceptors (Lipinski definition) is 4. The number of carbonyl (C=O) groups excluding carboxylic acids is 1. The van der Waals surface area contributed by atoms with E-state index in [0.717, 1.165) is 5.39 Å². The molecule has 2 aromatic carbocycles. The number of aromatic nitrogens is 1. The molecule has 144 valence electrons. The number of benzene rings is 2. The molecule has 1 amide bonds. The lowest BCUT2D eigenvalue weighted by molar-refractivity contribution is 0.0696. The maximum atomic E-state index is 12.3. The number of carboxylic acids is 1. The van der Waals surface area contributed by atoms with Crippen LogP contribution in [0.4, 0.5) is 0 Å². The van der Waals surface area contributed by atoms with Gasteiger partial charge in [-0.05, 0) is 54.6 Å². The third kappa shape index (κ3) is 3.90. The maximum absolute atomic E-state index is 12.3. The average Bonchev–Trinajstić information content (AvgIpc) is 3.34. The quantitative estimate of drug-likeness (QED) is 0.380. The molecule has 0 unspecified atom stereocenters. The lowest BCUT2D eigenvalue weighted by Gasteiger charge is -2.07. The van der Waals surface area contributed by atoms with Crippen LogP contribution < -0.4 is 5.43 Å². The molecule has 0 saturated carbocycles. The molecule has 2 heterocycles. The second-order valence-electron chi connectivity index (χ2n) is 6.15. The molecule has 0 spiro atoms. The van der Waals surface area contributed by atoms with Crippen molar-refractivity contribution in [3.63, 3.8) is 0 Å². The minimum atomic E-state index is -1.01. The molecule has 2 N–H and O–H groups in total. The summed E-state index contributed by atoms with van der Waals surface area (Å²) in [5.74, 6) is -1.39.